The Morgan fingerprint density at radius 2 is 0.869 bits per heavy atom. The molecule has 0 aliphatic carbocycles. The van der Waals surface area contributed by atoms with E-state index in [4.69, 9.17) is 4.42 Å². The first-order valence-corrected chi connectivity index (χ1v) is 20.7. The molecule has 0 aliphatic rings. The van der Waals surface area contributed by atoms with Crippen LogP contribution in [0, 0.1) is 0 Å². The highest BCUT2D eigenvalue weighted by Gasteiger charge is 2.19. The summed E-state index contributed by atoms with van der Waals surface area (Å²) in [5.74, 6) is 0. The van der Waals surface area contributed by atoms with Crippen LogP contribution in [-0.2, 0) is 0 Å². The van der Waals surface area contributed by atoms with Gasteiger partial charge >= 0.3 is 0 Å². The molecule has 0 saturated heterocycles. The second kappa shape index (κ2) is 15.6. The van der Waals surface area contributed by atoms with Crippen molar-refractivity contribution in [2.24, 2.45) is 0 Å². The van der Waals surface area contributed by atoms with Crippen LogP contribution in [0.5, 0.6) is 0 Å². The van der Waals surface area contributed by atoms with Crippen LogP contribution >= 0.6 is 0 Å². The predicted molar refractivity (Wildman–Crippen MR) is 257 cm³/mol. The number of fused-ring (bicyclic) bond motifs is 4. The first-order chi connectivity index (χ1) is 30.3. The highest BCUT2D eigenvalue weighted by Crippen LogP contribution is 2.41. The molecule has 61 heavy (non-hydrogen) atoms. The second-order valence-corrected chi connectivity index (χ2v) is 15.3. The minimum absolute atomic E-state index is 0.886. The summed E-state index contributed by atoms with van der Waals surface area (Å²) >= 11 is 0. The Morgan fingerprint density at radius 3 is 1.59 bits per heavy atom. The lowest BCUT2D eigenvalue weighted by Gasteiger charge is -2.27. The van der Waals surface area contributed by atoms with Crippen molar-refractivity contribution in [2.75, 3.05) is 4.90 Å². The second-order valence-electron chi connectivity index (χ2n) is 15.3. The summed E-state index contributed by atoms with van der Waals surface area (Å²) in [7, 11) is 0. The lowest BCUT2D eigenvalue weighted by molar-refractivity contribution is 0.617. The third kappa shape index (κ3) is 6.59. The topological polar surface area (TPSA) is 21.3 Å². The van der Waals surface area contributed by atoms with Gasteiger partial charge in [-0.05, 0) is 88.0 Å². The van der Waals surface area contributed by atoms with E-state index in [9.17, 15) is 0 Å². The fourth-order valence-corrected chi connectivity index (χ4v) is 8.83. The molecule has 0 radical (unpaired) electrons. The molecule has 0 atom stereocenters. The van der Waals surface area contributed by atoms with Gasteiger partial charge in [-0.3, -0.25) is 0 Å². The third-order valence-corrected chi connectivity index (χ3v) is 11.7. The number of anilines is 3. The van der Waals surface area contributed by atoms with Gasteiger partial charge in [0.1, 0.15) is 5.58 Å². The number of aromatic nitrogens is 1. The molecule has 0 fully saturated rings. The number of furan rings is 1. The predicted octanol–water partition coefficient (Wildman–Crippen LogP) is 16.2. The molecule has 0 aliphatic heterocycles. The van der Waals surface area contributed by atoms with E-state index in [1.165, 1.54) is 38.5 Å². The summed E-state index contributed by atoms with van der Waals surface area (Å²) < 4.78 is 8.38. The molecular formula is C58H40N2O. The minimum Gasteiger partial charge on any atom is -0.464 e. The fourth-order valence-electron chi connectivity index (χ4n) is 8.83. The normalized spacial score (nSPS) is 11.5. The highest BCUT2D eigenvalue weighted by molar-refractivity contribution is 6.09. The van der Waals surface area contributed by atoms with Gasteiger partial charge in [0.15, 0.2) is 0 Å². The average molecular weight is 781 g/mol. The molecular weight excluding hydrogens is 741 g/mol. The Kier molecular flexibility index (Phi) is 9.18. The Morgan fingerprint density at radius 1 is 0.361 bits per heavy atom. The lowest BCUT2D eigenvalue weighted by atomic mass is 9.98. The molecule has 0 amide bonds. The van der Waals surface area contributed by atoms with Crippen LogP contribution in [0.2, 0.25) is 0 Å². The molecule has 2 heterocycles. The van der Waals surface area contributed by atoms with Crippen LogP contribution in [0.15, 0.2) is 235 Å². The molecule has 0 unspecified atom stereocenters. The van der Waals surface area contributed by atoms with Crippen molar-refractivity contribution in [2.45, 2.75) is 0 Å². The van der Waals surface area contributed by atoms with E-state index in [1.54, 1.807) is 0 Å². The monoisotopic (exact) mass is 780 g/mol. The molecule has 0 N–H and O–H groups in total. The van der Waals surface area contributed by atoms with Gasteiger partial charge in [0.2, 0.25) is 0 Å². The zero-order valence-electron chi connectivity index (χ0n) is 33.4. The molecule has 9 aromatic carbocycles. The van der Waals surface area contributed by atoms with Gasteiger partial charge in [-0.2, -0.15) is 0 Å². The van der Waals surface area contributed by atoms with Gasteiger partial charge in [-0.25, -0.2) is 0 Å². The molecule has 0 spiro atoms. The van der Waals surface area contributed by atoms with Gasteiger partial charge in [0.05, 0.1) is 28.7 Å². The Balaban J connectivity index is 1.01. The summed E-state index contributed by atoms with van der Waals surface area (Å²) in [5.41, 5.74) is 16.8. The first kappa shape index (κ1) is 36.0. The number of nitrogens with zero attached hydrogens (tertiary/aromatic N) is 2. The molecule has 288 valence electrons. The van der Waals surface area contributed by atoms with E-state index >= 15 is 0 Å². The van der Waals surface area contributed by atoms with E-state index in [-0.39, 0.29) is 0 Å². The van der Waals surface area contributed by atoms with E-state index in [1.807, 2.05) is 18.4 Å². The van der Waals surface area contributed by atoms with Crippen LogP contribution in [0.4, 0.5) is 17.1 Å². The number of hydrogen-bond acceptors (Lipinski definition) is 2. The maximum absolute atomic E-state index is 5.97. The van der Waals surface area contributed by atoms with Crippen molar-refractivity contribution in [3.8, 4) is 39.1 Å². The Bertz CT molecular complexity index is 3300. The number of para-hydroxylation sites is 5. The maximum atomic E-state index is 5.97. The number of rotatable bonds is 9. The van der Waals surface area contributed by atoms with Gasteiger partial charge < -0.3 is 13.9 Å². The van der Waals surface area contributed by atoms with Crippen LogP contribution in [0.25, 0.3) is 84.0 Å². The SMILES string of the molecule is C(=C\c1ccccc1N(c1ccc(-c2ccccc2)cc1)c1ccc(-c2ccccc2-n2c3ccccc3c3ccccc32)cc1)/c1ccccc1-c1coc2ccccc12. The van der Waals surface area contributed by atoms with Crippen molar-refractivity contribution in [3.63, 3.8) is 0 Å². The number of hydrogen-bond donors (Lipinski definition) is 0. The average Bonchev–Trinajstić information content (AvgIpc) is 3.92. The van der Waals surface area contributed by atoms with Crippen molar-refractivity contribution < 1.29 is 4.42 Å². The summed E-state index contributed by atoms with van der Waals surface area (Å²) in [4.78, 5) is 2.37. The molecule has 0 bridgehead atoms. The van der Waals surface area contributed by atoms with Crippen molar-refractivity contribution in [3.05, 3.63) is 242 Å². The van der Waals surface area contributed by atoms with Gasteiger partial charge in [-0.1, -0.05) is 182 Å². The summed E-state index contributed by atoms with van der Waals surface area (Å²) in [5, 5.41) is 3.61. The summed E-state index contributed by atoms with van der Waals surface area (Å²) in [6, 6.07) is 80.0. The van der Waals surface area contributed by atoms with Gasteiger partial charge in [0, 0.05) is 38.7 Å². The Labute approximate surface area is 355 Å². The molecule has 2 aromatic heterocycles. The van der Waals surface area contributed by atoms with Gasteiger partial charge in [0.25, 0.3) is 0 Å². The van der Waals surface area contributed by atoms with E-state index in [2.05, 4.69) is 234 Å². The van der Waals surface area contributed by atoms with E-state index in [0.717, 1.165) is 61.5 Å². The Hall–Kier alpha value is -8.14. The minimum atomic E-state index is 0.886. The van der Waals surface area contributed by atoms with Crippen LogP contribution in [0.1, 0.15) is 11.1 Å². The molecule has 3 nitrogen and oxygen atoms in total. The standard InChI is InChI=1S/C58H40N2O/c1-2-16-41(17-3-1)42-32-36-46(37-33-42)59(54-25-11-5-19-45(54)31-30-43-18-4-6-20-48(43)53-40-61-58-29-15-10-24-52(53)58)47-38-34-44(35-39-47)49-21-7-12-26-55(49)60-56-27-13-8-22-50(56)51-23-9-14-28-57(51)60/h1-40H/b31-30+. The van der Waals surface area contributed by atoms with Crippen molar-refractivity contribution in [1.82, 2.24) is 4.57 Å². The van der Waals surface area contributed by atoms with Crippen LogP contribution in [-0.4, -0.2) is 4.57 Å². The highest BCUT2D eigenvalue weighted by atomic mass is 16.3. The van der Waals surface area contributed by atoms with Crippen LogP contribution < -0.4 is 4.90 Å². The fraction of sp³-hybridized carbons (Fsp3) is 0. The summed E-state index contributed by atoms with van der Waals surface area (Å²) in [6.07, 6.45) is 6.33. The van der Waals surface area contributed by atoms with Crippen molar-refractivity contribution >= 4 is 62.0 Å². The lowest BCUT2D eigenvalue weighted by Crippen LogP contribution is -2.11. The smallest absolute Gasteiger partial charge is 0.134 e. The van der Waals surface area contributed by atoms with E-state index < -0.39 is 0 Å². The number of benzene rings is 9. The molecule has 3 heteroatoms. The zero-order valence-corrected chi connectivity index (χ0v) is 33.4. The third-order valence-electron chi connectivity index (χ3n) is 11.7. The molecule has 11 aromatic rings. The van der Waals surface area contributed by atoms with Crippen LogP contribution in [0.3, 0.4) is 0 Å². The van der Waals surface area contributed by atoms with Gasteiger partial charge in [-0.15, -0.1) is 0 Å². The quantitative estimate of drug-likeness (QED) is 0.136. The largest absolute Gasteiger partial charge is 0.464 e. The molecule has 0 saturated carbocycles. The maximum Gasteiger partial charge on any atom is 0.134 e. The van der Waals surface area contributed by atoms with Crippen molar-refractivity contribution in [1.29, 1.82) is 0 Å². The zero-order chi connectivity index (χ0) is 40.5. The van der Waals surface area contributed by atoms with E-state index in [0.29, 0.717) is 0 Å². The first-order valence-electron chi connectivity index (χ1n) is 20.7. The molecule has 11 rings (SSSR count). The summed E-state index contributed by atoms with van der Waals surface area (Å²) in [6.45, 7) is 0.